The van der Waals surface area contributed by atoms with Gasteiger partial charge in [0.2, 0.25) is 0 Å². The van der Waals surface area contributed by atoms with Crippen LogP contribution in [-0.2, 0) is 20.5 Å². The van der Waals surface area contributed by atoms with Crippen molar-refractivity contribution >= 4 is 8.32 Å². The van der Waals surface area contributed by atoms with Crippen molar-refractivity contribution in [2.75, 3.05) is 13.2 Å². The first-order valence-corrected chi connectivity index (χ1v) is 16.1. The van der Waals surface area contributed by atoms with Crippen LogP contribution in [0.15, 0.2) is 79.1 Å². The van der Waals surface area contributed by atoms with Crippen LogP contribution >= 0.6 is 0 Å². The summed E-state index contributed by atoms with van der Waals surface area (Å²) < 4.78 is 19.2. The monoisotopic (exact) mass is 503 g/mol. The lowest BCUT2D eigenvalue weighted by molar-refractivity contribution is 0.0122. The third-order valence-electron chi connectivity index (χ3n) is 7.80. The van der Waals surface area contributed by atoms with Crippen molar-refractivity contribution in [2.45, 2.75) is 70.6 Å². The molecule has 4 rings (SSSR count). The van der Waals surface area contributed by atoms with Gasteiger partial charge < -0.3 is 13.9 Å². The number of hydrogen-bond acceptors (Lipinski definition) is 4. The molecular formula is C31H41NO3Si. The topological polar surface area (TPSA) is 40.6 Å². The summed E-state index contributed by atoms with van der Waals surface area (Å²) in [5.41, 5.74) is 4.76. The van der Waals surface area contributed by atoms with E-state index in [4.69, 9.17) is 13.9 Å². The van der Waals surface area contributed by atoms with E-state index in [1.807, 2.05) is 24.5 Å². The Balaban J connectivity index is 1.38. The van der Waals surface area contributed by atoms with Gasteiger partial charge in [-0.15, -0.1) is 0 Å². The summed E-state index contributed by atoms with van der Waals surface area (Å²) in [5.74, 6) is 0.279. The van der Waals surface area contributed by atoms with Gasteiger partial charge >= 0.3 is 0 Å². The summed E-state index contributed by atoms with van der Waals surface area (Å²) >= 11 is 0. The van der Waals surface area contributed by atoms with Gasteiger partial charge in [0, 0.05) is 24.9 Å². The van der Waals surface area contributed by atoms with E-state index in [1.165, 1.54) is 16.7 Å². The second-order valence-corrected chi connectivity index (χ2v) is 16.2. The third kappa shape index (κ3) is 6.71. The standard InChI is InChI=1S/C31H41NO3Si/c1-31(2,3)36(4,5)35-20-10-14-28-29(23-34-30(28)27-13-9-19-32-21-27)33-22-24-15-17-26(18-16-24)25-11-7-6-8-12-25/h6-9,11-13,15-19,21,28-30H,10,14,20,22-23H2,1-5H3/t28-,29+,30-/m1/s1. The van der Waals surface area contributed by atoms with Crippen LogP contribution in [0.2, 0.25) is 18.1 Å². The number of benzene rings is 2. The van der Waals surface area contributed by atoms with E-state index in [-0.39, 0.29) is 23.2 Å². The van der Waals surface area contributed by atoms with Crippen molar-refractivity contribution in [3.8, 4) is 11.1 Å². The van der Waals surface area contributed by atoms with Crippen molar-refractivity contribution in [1.29, 1.82) is 0 Å². The van der Waals surface area contributed by atoms with Gasteiger partial charge in [0.15, 0.2) is 8.32 Å². The molecule has 0 amide bonds. The molecule has 0 bridgehead atoms. The molecule has 0 saturated carbocycles. The summed E-state index contributed by atoms with van der Waals surface area (Å²) in [6, 6.07) is 23.2. The SMILES string of the molecule is CC(C)(C)[Si](C)(C)OCCC[C@@H]1[C@@H](OCc2ccc(-c3ccccc3)cc2)CO[C@@H]1c1cccnc1. The average Bonchev–Trinajstić information content (AvgIpc) is 3.29. The van der Waals surface area contributed by atoms with Gasteiger partial charge in [0.1, 0.15) is 0 Å². The fourth-order valence-corrected chi connectivity index (χ4v) is 5.62. The lowest BCUT2D eigenvalue weighted by Gasteiger charge is -2.36. The van der Waals surface area contributed by atoms with E-state index in [1.54, 1.807) is 0 Å². The van der Waals surface area contributed by atoms with Crippen LogP contribution in [0.1, 0.15) is 50.8 Å². The van der Waals surface area contributed by atoms with Crippen LogP contribution in [0.3, 0.4) is 0 Å². The molecule has 36 heavy (non-hydrogen) atoms. The number of hydrogen-bond donors (Lipinski definition) is 0. The van der Waals surface area contributed by atoms with Crippen molar-refractivity contribution in [1.82, 2.24) is 4.98 Å². The minimum absolute atomic E-state index is 0.0111. The van der Waals surface area contributed by atoms with Gasteiger partial charge in [-0.2, -0.15) is 0 Å². The number of ether oxygens (including phenoxy) is 2. The fraction of sp³-hybridized carbons (Fsp3) is 0.452. The molecule has 1 saturated heterocycles. The molecule has 192 valence electrons. The molecule has 3 atom stereocenters. The molecule has 1 aromatic heterocycles. The maximum absolute atomic E-state index is 6.47. The van der Waals surface area contributed by atoms with Crippen molar-refractivity contribution in [3.05, 3.63) is 90.3 Å². The van der Waals surface area contributed by atoms with Gasteiger partial charge in [-0.1, -0.05) is 81.4 Å². The Bertz CT molecular complexity index is 1060. The Morgan fingerprint density at radius 3 is 2.33 bits per heavy atom. The summed E-state index contributed by atoms with van der Waals surface area (Å²) in [7, 11) is -1.74. The predicted octanol–water partition coefficient (Wildman–Crippen LogP) is 7.82. The Labute approximate surface area is 218 Å². The molecule has 3 aromatic rings. The number of aromatic nitrogens is 1. The van der Waals surface area contributed by atoms with Crippen LogP contribution in [0.25, 0.3) is 11.1 Å². The zero-order chi connectivity index (χ0) is 25.6. The third-order valence-corrected chi connectivity index (χ3v) is 12.3. The minimum atomic E-state index is -1.74. The lowest BCUT2D eigenvalue weighted by atomic mass is 9.90. The summed E-state index contributed by atoms with van der Waals surface area (Å²) in [6.45, 7) is 13.5. The largest absolute Gasteiger partial charge is 0.417 e. The highest BCUT2D eigenvalue weighted by Gasteiger charge is 2.40. The quantitative estimate of drug-likeness (QED) is 0.209. The van der Waals surface area contributed by atoms with E-state index in [2.05, 4.69) is 93.4 Å². The zero-order valence-electron chi connectivity index (χ0n) is 22.4. The molecule has 0 unspecified atom stereocenters. The first kappa shape index (κ1) is 26.7. The average molecular weight is 504 g/mol. The maximum atomic E-state index is 6.47. The van der Waals surface area contributed by atoms with E-state index in [9.17, 15) is 0 Å². The highest BCUT2D eigenvalue weighted by atomic mass is 28.4. The van der Waals surface area contributed by atoms with Gasteiger partial charge in [-0.25, -0.2) is 0 Å². The van der Waals surface area contributed by atoms with Crippen LogP contribution in [0.5, 0.6) is 0 Å². The molecule has 1 aliphatic rings. The van der Waals surface area contributed by atoms with Crippen LogP contribution < -0.4 is 0 Å². The smallest absolute Gasteiger partial charge is 0.191 e. The van der Waals surface area contributed by atoms with Crippen molar-refractivity contribution < 1.29 is 13.9 Å². The van der Waals surface area contributed by atoms with Gasteiger partial charge in [-0.3, -0.25) is 4.98 Å². The van der Waals surface area contributed by atoms with Gasteiger partial charge in [0.05, 0.1) is 25.4 Å². The van der Waals surface area contributed by atoms with E-state index in [0.717, 1.165) is 25.0 Å². The molecule has 4 nitrogen and oxygen atoms in total. The Morgan fingerprint density at radius 1 is 0.944 bits per heavy atom. The normalized spacial score (nSPS) is 20.5. The number of nitrogens with zero attached hydrogens (tertiary/aromatic N) is 1. The first-order valence-electron chi connectivity index (χ1n) is 13.2. The molecule has 0 radical (unpaired) electrons. The maximum Gasteiger partial charge on any atom is 0.191 e. The summed E-state index contributed by atoms with van der Waals surface area (Å²) in [5, 5.41) is 0.226. The lowest BCUT2D eigenvalue weighted by Crippen LogP contribution is -2.41. The molecule has 0 aliphatic carbocycles. The second kappa shape index (κ2) is 11.8. The predicted molar refractivity (Wildman–Crippen MR) is 149 cm³/mol. The van der Waals surface area contributed by atoms with Crippen LogP contribution in [-0.4, -0.2) is 32.6 Å². The second-order valence-electron chi connectivity index (χ2n) is 11.4. The zero-order valence-corrected chi connectivity index (χ0v) is 23.4. The molecule has 0 spiro atoms. The first-order chi connectivity index (χ1) is 17.2. The van der Waals surface area contributed by atoms with E-state index >= 15 is 0 Å². The van der Waals surface area contributed by atoms with E-state index < -0.39 is 8.32 Å². The highest BCUT2D eigenvalue weighted by Crippen LogP contribution is 2.40. The number of rotatable bonds is 10. The van der Waals surface area contributed by atoms with Crippen molar-refractivity contribution in [2.24, 2.45) is 5.92 Å². The summed E-state index contributed by atoms with van der Waals surface area (Å²) in [6.07, 6.45) is 5.81. The Kier molecular flexibility index (Phi) is 8.78. The van der Waals surface area contributed by atoms with Gasteiger partial charge in [0.25, 0.3) is 0 Å². The molecule has 1 aliphatic heterocycles. The Hall–Kier alpha value is -2.31. The van der Waals surface area contributed by atoms with E-state index in [0.29, 0.717) is 13.2 Å². The Morgan fingerprint density at radius 2 is 1.67 bits per heavy atom. The fourth-order valence-electron chi connectivity index (χ4n) is 4.53. The summed E-state index contributed by atoms with van der Waals surface area (Å²) in [4.78, 5) is 4.33. The molecule has 2 heterocycles. The van der Waals surface area contributed by atoms with Crippen molar-refractivity contribution in [3.63, 3.8) is 0 Å². The van der Waals surface area contributed by atoms with Gasteiger partial charge in [-0.05, 0) is 59.3 Å². The van der Waals surface area contributed by atoms with Crippen LogP contribution in [0.4, 0.5) is 0 Å². The highest BCUT2D eigenvalue weighted by molar-refractivity contribution is 6.74. The molecule has 5 heteroatoms. The molecular weight excluding hydrogens is 462 g/mol. The molecule has 0 N–H and O–H groups in total. The molecule has 1 fully saturated rings. The number of pyridine rings is 1. The van der Waals surface area contributed by atoms with Crippen LogP contribution in [0, 0.1) is 5.92 Å². The molecule has 2 aromatic carbocycles. The minimum Gasteiger partial charge on any atom is -0.417 e.